The molecule has 0 saturated heterocycles. The highest BCUT2D eigenvalue weighted by Crippen LogP contribution is 2.09. The van der Waals surface area contributed by atoms with E-state index in [9.17, 15) is 4.39 Å². The van der Waals surface area contributed by atoms with Crippen LogP contribution in [0.5, 0.6) is 0 Å². The van der Waals surface area contributed by atoms with Crippen molar-refractivity contribution in [2.75, 3.05) is 0 Å². The molecule has 0 saturated carbocycles. The number of pyridine rings is 1. The van der Waals surface area contributed by atoms with Gasteiger partial charge in [0.05, 0.1) is 6.04 Å². The first-order valence-electron chi connectivity index (χ1n) is 6.34. The normalized spacial score (nSPS) is 11.7. The third-order valence-corrected chi connectivity index (χ3v) is 3.18. The monoisotopic (exact) mass is 289 g/mol. The number of nitrogens with zero attached hydrogens (tertiary/aromatic N) is 1. The van der Waals surface area contributed by atoms with Crippen molar-refractivity contribution in [2.24, 2.45) is 0 Å². The maximum atomic E-state index is 12.8. The topological polar surface area (TPSA) is 37.0 Å². The Morgan fingerprint density at radius 1 is 1.20 bits per heavy atom. The van der Waals surface area contributed by atoms with Gasteiger partial charge >= 0.3 is 0 Å². The number of thiocarbonyl (C=S) groups is 1. The van der Waals surface area contributed by atoms with Crippen LogP contribution in [0.2, 0.25) is 0 Å². The fourth-order valence-electron chi connectivity index (χ4n) is 1.77. The van der Waals surface area contributed by atoms with Crippen LogP contribution in [-0.4, -0.2) is 10.1 Å². The Balaban J connectivity index is 1.82. The second-order valence-electron chi connectivity index (χ2n) is 4.46. The minimum absolute atomic E-state index is 0.103. The summed E-state index contributed by atoms with van der Waals surface area (Å²) in [7, 11) is 0. The van der Waals surface area contributed by atoms with Crippen LogP contribution in [0.3, 0.4) is 0 Å². The van der Waals surface area contributed by atoms with Gasteiger partial charge in [-0.2, -0.15) is 0 Å². The molecule has 1 aromatic carbocycles. The highest BCUT2D eigenvalue weighted by Gasteiger charge is 2.06. The lowest BCUT2D eigenvalue weighted by Gasteiger charge is -2.17. The molecule has 0 amide bonds. The van der Waals surface area contributed by atoms with Crippen molar-refractivity contribution in [2.45, 2.75) is 19.5 Å². The number of nitrogens with one attached hydrogen (secondary N) is 2. The molecule has 0 radical (unpaired) electrons. The molecular weight excluding hydrogens is 273 g/mol. The standard InChI is InChI=1S/C15H16FN3S/c1-11(13-6-8-17-9-7-13)19-15(20)18-10-12-2-4-14(16)5-3-12/h2-9,11H,10H2,1H3,(H2,18,19,20)/t11-/m0/s1. The zero-order valence-electron chi connectivity index (χ0n) is 11.1. The van der Waals surface area contributed by atoms with Crippen molar-refractivity contribution in [3.63, 3.8) is 0 Å². The van der Waals surface area contributed by atoms with E-state index in [4.69, 9.17) is 12.2 Å². The van der Waals surface area contributed by atoms with E-state index in [1.165, 1.54) is 12.1 Å². The van der Waals surface area contributed by atoms with E-state index in [0.29, 0.717) is 11.7 Å². The van der Waals surface area contributed by atoms with Crippen LogP contribution in [-0.2, 0) is 6.54 Å². The Morgan fingerprint density at radius 3 is 2.50 bits per heavy atom. The molecular formula is C15H16FN3S. The summed E-state index contributed by atoms with van der Waals surface area (Å²) in [6.45, 7) is 2.59. The largest absolute Gasteiger partial charge is 0.359 e. The van der Waals surface area contributed by atoms with E-state index in [0.717, 1.165) is 11.1 Å². The van der Waals surface area contributed by atoms with Gasteiger partial charge in [-0.25, -0.2) is 4.39 Å². The molecule has 0 spiro atoms. The van der Waals surface area contributed by atoms with Crippen LogP contribution < -0.4 is 10.6 Å². The molecule has 0 bridgehead atoms. The molecule has 0 aliphatic rings. The van der Waals surface area contributed by atoms with Gasteiger partial charge in [0.15, 0.2) is 5.11 Å². The Hall–Kier alpha value is -2.01. The lowest BCUT2D eigenvalue weighted by atomic mass is 10.1. The number of aromatic nitrogens is 1. The molecule has 2 aromatic rings. The summed E-state index contributed by atoms with van der Waals surface area (Å²) in [6.07, 6.45) is 3.50. The Bertz CT molecular complexity index is 557. The molecule has 0 unspecified atom stereocenters. The summed E-state index contributed by atoms with van der Waals surface area (Å²) in [4.78, 5) is 3.98. The Morgan fingerprint density at radius 2 is 1.85 bits per heavy atom. The van der Waals surface area contributed by atoms with Gasteiger partial charge in [-0.1, -0.05) is 12.1 Å². The Kier molecular flexibility index (Phi) is 5.01. The molecule has 104 valence electrons. The quantitative estimate of drug-likeness (QED) is 0.849. The first-order chi connectivity index (χ1) is 9.65. The van der Waals surface area contributed by atoms with Gasteiger partial charge in [0.1, 0.15) is 5.82 Å². The summed E-state index contributed by atoms with van der Waals surface area (Å²) >= 11 is 5.24. The fraction of sp³-hybridized carbons (Fsp3) is 0.200. The van der Waals surface area contributed by atoms with Gasteiger partial charge in [-0.05, 0) is 54.5 Å². The lowest BCUT2D eigenvalue weighted by molar-refractivity contribution is 0.626. The number of benzene rings is 1. The van der Waals surface area contributed by atoms with Crippen molar-refractivity contribution in [3.8, 4) is 0 Å². The maximum Gasteiger partial charge on any atom is 0.167 e. The molecule has 1 heterocycles. The predicted octanol–water partition coefficient (Wildman–Crippen LogP) is 2.95. The summed E-state index contributed by atoms with van der Waals surface area (Å²) in [6, 6.07) is 10.3. The average Bonchev–Trinajstić information content (AvgIpc) is 2.47. The van der Waals surface area contributed by atoms with Gasteiger partial charge in [-0.3, -0.25) is 4.98 Å². The van der Waals surface area contributed by atoms with Crippen molar-refractivity contribution < 1.29 is 4.39 Å². The summed E-state index contributed by atoms with van der Waals surface area (Å²) in [5, 5.41) is 6.87. The van der Waals surface area contributed by atoms with Crippen molar-refractivity contribution >= 4 is 17.3 Å². The molecule has 0 aliphatic heterocycles. The van der Waals surface area contributed by atoms with E-state index in [1.54, 1.807) is 24.5 Å². The van der Waals surface area contributed by atoms with Crippen molar-refractivity contribution in [3.05, 3.63) is 65.7 Å². The summed E-state index contributed by atoms with van der Waals surface area (Å²) in [5.41, 5.74) is 2.10. The second-order valence-corrected chi connectivity index (χ2v) is 4.86. The molecule has 0 fully saturated rings. The predicted molar refractivity (Wildman–Crippen MR) is 81.6 cm³/mol. The third-order valence-electron chi connectivity index (χ3n) is 2.92. The van der Waals surface area contributed by atoms with Crippen molar-refractivity contribution in [1.29, 1.82) is 0 Å². The first kappa shape index (κ1) is 14.4. The maximum absolute atomic E-state index is 12.8. The van der Waals surface area contributed by atoms with Gasteiger partial charge in [-0.15, -0.1) is 0 Å². The van der Waals surface area contributed by atoms with E-state index in [2.05, 4.69) is 15.6 Å². The number of hydrogen-bond donors (Lipinski definition) is 2. The summed E-state index contributed by atoms with van der Waals surface area (Å²) < 4.78 is 12.8. The van der Waals surface area contributed by atoms with E-state index >= 15 is 0 Å². The number of halogens is 1. The first-order valence-corrected chi connectivity index (χ1v) is 6.74. The Labute approximate surface area is 123 Å². The van der Waals surface area contributed by atoms with Crippen LogP contribution >= 0.6 is 12.2 Å². The molecule has 1 atom stereocenters. The molecule has 5 heteroatoms. The highest BCUT2D eigenvalue weighted by atomic mass is 32.1. The molecule has 0 aliphatic carbocycles. The zero-order chi connectivity index (χ0) is 14.4. The SMILES string of the molecule is C[C@H](NC(=S)NCc1ccc(F)cc1)c1ccncc1. The lowest BCUT2D eigenvalue weighted by Crippen LogP contribution is -2.36. The summed E-state index contributed by atoms with van der Waals surface area (Å²) in [5.74, 6) is -0.235. The number of rotatable bonds is 4. The van der Waals surface area contributed by atoms with Gasteiger partial charge in [0, 0.05) is 18.9 Å². The van der Waals surface area contributed by atoms with Crippen LogP contribution in [0.4, 0.5) is 4.39 Å². The molecule has 3 nitrogen and oxygen atoms in total. The second kappa shape index (κ2) is 6.96. The van der Waals surface area contributed by atoms with Crippen LogP contribution in [0.15, 0.2) is 48.8 Å². The molecule has 2 rings (SSSR count). The minimum atomic E-state index is -0.235. The van der Waals surface area contributed by atoms with Crippen LogP contribution in [0, 0.1) is 5.82 Å². The number of hydrogen-bond acceptors (Lipinski definition) is 2. The fourth-order valence-corrected chi connectivity index (χ4v) is 2.02. The van der Waals surface area contributed by atoms with Gasteiger partial charge in [0.25, 0.3) is 0 Å². The third kappa shape index (κ3) is 4.28. The van der Waals surface area contributed by atoms with Crippen LogP contribution in [0.25, 0.3) is 0 Å². The highest BCUT2D eigenvalue weighted by molar-refractivity contribution is 7.80. The molecule has 2 N–H and O–H groups in total. The zero-order valence-corrected chi connectivity index (χ0v) is 12.0. The van der Waals surface area contributed by atoms with E-state index in [1.807, 2.05) is 19.1 Å². The van der Waals surface area contributed by atoms with E-state index < -0.39 is 0 Å². The molecule has 1 aromatic heterocycles. The van der Waals surface area contributed by atoms with E-state index in [-0.39, 0.29) is 11.9 Å². The van der Waals surface area contributed by atoms with Gasteiger partial charge in [0.2, 0.25) is 0 Å². The molecule has 20 heavy (non-hydrogen) atoms. The smallest absolute Gasteiger partial charge is 0.167 e. The van der Waals surface area contributed by atoms with Gasteiger partial charge < -0.3 is 10.6 Å². The minimum Gasteiger partial charge on any atom is -0.359 e. The van der Waals surface area contributed by atoms with Crippen molar-refractivity contribution in [1.82, 2.24) is 15.6 Å². The van der Waals surface area contributed by atoms with Crippen LogP contribution in [0.1, 0.15) is 24.1 Å². The average molecular weight is 289 g/mol.